The molecule has 1 aromatic rings. The van der Waals surface area contributed by atoms with E-state index in [2.05, 4.69) is 27.5 Å². The lowest BCUT2D eigenvalue weighted by molar-refractivity contribution is -0.122. The van der Waals surface area contributed by atoms with Crippen molar-refractivity contribution in [3.63, 3.8) is 0 Å². The van der Waals surface area contributed by atoms with Gasteiger partial charge >= 0.3 is 0 Å². The summed E-state index contributed by atoms with van der Waals surface area (Å²) in [7, 11) is 0. The molecule has 6 nitrogen and oxygen atoms in total. The third kappa shape index (κ3) is 5.11. The molecule has 0 spiro atoms. The lowest BCUT2D eigenvalue weighted by Gasteiger charge is -2.17. The molecule has 1 rings (SSSR count). The summed E-state index contributed by atoms with van der Waals surface area (Å²) in [5.74, 6) is 1.63. The van der Waals surface area contributed by atoms with E-state index in [-0.39, 0.29) is 18.0 Å². The number of carbonyl (C=O) groups is 1. The molecule has 19 heavy (non-hydrogen) atoms. The molecule has 1 atom stereocenters. The minimum Gasteiger partial charge on any atom is -0.384 e. The quantitative estimate of drug-likeness (QED) is 0.721. The second-order valence-corrected chi connectivity index (χ2v) is 4.87. The first-order valence-corrected chi connectivity index (χ1v) is 6.62. The van der Waals surface area contributed by atoms with Crippen LogP contribution in [0.2, 0.25) is 0 Å². The maximum Gasteiger partial charge on any atom is 0.242 e. The van der Waals surface area contributed by atoms with Crippen molar-refractivity contribution in [1.29, 1.82) is 0 Å². The molecule has 0 saturated heterocycles. The Hall–Kier alpha value is -1.85. The van der Waals surface area contributed by atoms with Gasteiger partial charge in [-0.1, -0.05) is 6.92 Å². The normalized spacial score (nSPS) is 12.3. The Balaban J connectivity index is 2.73. The number of nitrogens with two attached hydrogens (primary N) is 1. The molecule has 1 amide bonds. The number of nitrogen functional groups attached to an aromatic ring is 1. The van der Waals surface area contributed by atoms with Gasteiger partial charge in [0.1, 0.15) is 23.5 Å². The number of anilines is 2. The number of carbonyl (C=O) groups excluding carboxylic acids is 1. The van der Waals surface area contributed by atoms with Crippen LogP contribution in [0.25, 0.3) is 0 Å². The first-order valence-electron chi connectivity index (χ1n) is 6.62. The minimum atomic E-state index is -0.369. The van der Waals surface area contributed by atoms with Crippen molar-refractivity contribution in [3.05, 3.63) is 11.9 Å². The van der Waals surface area contributed by atoms with Gasteiger partial charge in [-0.05, 0) is 27.2 Å². The van der Waals surface area contributed by atoms with E-state index in [1.807, 2.05) is 13.8 Å². The highest BCUT2D eigenvalue weighted by molar-refractivity contribution is 5.84. The average molecular weight is 265 g/mol. The first-order chi connectivity index (χ1) is 8.92. The lowest BCUT2D eigenvalue weighted by atomic mass is 10.2. The molecule has 1 aromatic heterocycles. The zero-order valence-electron chi connectivity index (χ0n) is 12.0. The monoisotopic (exact) mass is 265 g/mol. The summed E-state index contributed by atoms with van der Waals surface area (Å²) in [5, 5.41) is 5.88. The molecule has 106 valence electrons. The van der Waals surface area contributed by atoms with Gasteiger partial charge in [-0.2, -0.15) is 0 Å². The van der Waals surface area contributed by atoms with Crippen molar-refractivity contribution in [3.8, 4) is 0 Å². The van der Waals surface area contributed by atoms with E-state index in [9.17, 15) is 4.79 Å². The molecule has 0 fully saturated rings. The molecule has 0 aliphatic heterocycles. The number of rotatable bonds is 6. The highest BCUT2D eigenvalue weighted by Gasteiger charge is 2.14. The SMILES string of the molecule is CCCc1nc(N)cc(NC(C)C(=O)NC(C)C)n1. The van der Waals surface area contributed by atoms with Crippen LogP contribution >= 0.6 is 0 Å². The summed E-state index contributed by atoms with van der Waals surface area (Å²) in [6.07, 6.45) is 1.72. The zero-order chi connectivity index (χ0) is 14.4. The minimum absolute atomic E-state index is 0.0655. The molecule has 0 aliphatic rings. The fraction of sp³-hybridized carbons (Fsp3) is 0.615. The predicted octanol–water partition coefficient (Wildman–Crippen LogP) is 1.34. The number of nitrogens with one attached hydrogen (secondary N) is 2. The highest BCUT2D eigenvalue weighted by atomic mass is 16.2. The molecular formula is C13H23N5O. The van der Waals surface area contributed by atoms with E-state index >= 15 is 0 Å². The van der Waals surface area contributed by atoms with E-state index < -0.39 is 0 Å². The molecule has 0 saturated carbocycles. The molecular weight excluding hydrogens is 242 g/mol. The second-order valence-electron chi connectivity index (χ2n) is 4.87. The summed E-state index contributed by atoms with van der Waals surface area (Å²) < 4.78 is 0. The van der Waals surface area contributed by atoms with Gasteiger partial charge in [-0.15, -0.1) is 0 Å². The van der Waals surface area contributed by atoms with Crippen LogP contribution < -0.4 is 16.4 Å². The fourth-order valence-electron chi connectivity index (χ4n) is 1.62. The van der Waals surface area contributed by atoms with Crippen molar-refractivity contribution in [1.82, 2.24) is 15.3 Å². The molecule has 0 aliphatic carbocycles. The Morgan fingerprint density at radius 1 is 1.37 bits per heavy atom. The van der Waals surface area contributed by atoms with Gasteiger partial charge in [0.2, 0.25) is 5.91 Å². The first kappa shape index (κ1) is 15.2. The Bertz CT molecular complexity index is 433. The van der Waals surface area contributed by atoms with E-state index in [0.29, 0.717) is 17.5 Å². The molecule has 6 heteroatoms. The van der Waals surface area contributed by atoms with Crippen molar-refractivity contribution in [2.75, 3.05) is 11.1 Å². The average Bonchev–Trinajstić information content (AvgIpc) is 2.27. The van der Waals surface area contributed by atoms with Crippen LogP contribution in [0.1, 0.15) is 39.9 Å². The Morgan fingerprint density at radius 2 is 2.05 bits per heavy atom. The summed E-state index contributed by atoms with van der Waals surface area (Å²) in [5.41, 5.74) is 5.73. The van der Waals surface area contributed by atoms with Gasteiger partial charge in [0.15, 0.2) is 0 Å². The molecule has 0 bridgehead atoms. The van der Waals surface area contributed by atoms with E-state index in [4.69, 9.17) is 5.73 Å². The van der Waals surface area contributed by atoms with E-state index in [1.165, 1.54) is 0 Å². The largest absolute Gasteiger partial charge is 0.384 e. The zero-order valence-corrected chi connectivity index (χ0v) is 12.0. The maximum atomic E-state index is 11.8. The standard InChI is InChI=1S/C13H23N5O/c1-5-6-11-17-10(14)7-12(18-11)16-9(4)13(19)15-8(2)3/h7-9H,5-6H2,1-4H3,(H,15,19)(H3,14,16,17,18). The van der Waals surface area contributed by atoms with Crippen LogP contribution in [0.15, 0.2) is 6.07 Å². The Kier molecular flexibility index (Phi) is 5.54. The maximum absolute atomic E-state index is 11.8. The summed E-state index contributed by atoms with van der Waals surface area (Å²) in [6.45, 7) is 7.69. The molecule has 0 radical (unpaired) electrons. The van der Waals surface area contributed by atoms with Gasteiger partial charge in [0.05, 0.1) is 0 Å². The van der Waals surface area contributed by atoms with Crippen molar-refractivity contribution in [2.24, 2.45) is 0 Å². The van der Waals surface area contributed by atoms with Gasteiger partial charge in [-0.3, -0.25) is 4.79 Å². The number of aromatic nitrogens is 2. The van der Waals surface area contributed by atoms with Crippen molar-refractivity contribution < 1.29 is 4.79 Å². The van der Waals surface area contributed by atoms with Gasteiger partial charge in [-0.25, -0.2) is 9.97 Å². The second kappa shape index (κ2) is 6.92. The summed E-state index contributed by atoms with van der Waals surface area (Å²) >= 11 is 0. The van der Waals surface area contributed by atoms with Crippen molar-refractivity contribution >= 4 is 17.5 Å². The van der Waals surface area contributed by atoms with Crippen LogP contribution in [0.5, 0.6) is 0 Å². The van der Waals surface area contributed by atoms with Crippen LogP contribution in [0.4, 0.5) is 11.6 Å². The number of aryl methyl sites for hydroxylation is 1. The highest BCUT2D eigenvalue weighted by Crippen LogP contribution is 2.11. The van der Waals surface area contributed by atoms with Crippen LogP contribution in [-0.2, 0) is 11.2 Å². The fourth-order valence-corrected chi connectivity index (χ4v) is 1.62. The van der Waals surface area contributed by atoms with E-state index in [0.717, 1.165) is 12.8 Å². The third-order valence-electron chi connectivity index (χ3n) is 2.45. The predicted molar refractivity (Wildman–Crippen MR) is 76.8 cm³/mol. The number of nitrogens with zero attached hydrogens (tertiary/aromatic N) is 2. The summed E-state index contributed by atoms with van der Waals surface area (Å²) in [6, 6.07) is 1.38. The molecule has 1 unspecified atom stereocenters. The van der Waals surface area contributed by atoms with Gasteiger partial charge in [0.25, 0.3) is 0 Å². The van der Waals surface area contributed by atoms with Crippen molar-refractivity contribution in [2.45, 2.75) is 52.6 Å². The third-order valence-corrected chi connectivity index (χ3v) is 2.45. The van der Waals surface area contributed by atoms with Gasteiger partial charge < -0.3 is 16.4 Å². The Labute approximate surface area is 114 Å². The number of amides is 1. The smallest absolute Gasteiger partial charge is 0.242 e. The topological polar surface area (TPSA) is 92.9 Å². The summed E-state index contributed by atoms with van der Waals surface area (Å²) in [4.78, 5) is 20.3. The van der Waals surface area contributed by atoms with Gasteiger partial charge in [0, 0.05) is 18.5 Å². The Morgan fingerprint density at radius 3 is 2.63 bits per heavy atom. The molecule has 0 aromatic carbocycles. The van der Waals surface area contributed by atoms with E-state index in [1.54, 1.807) is 13.0 Å². The van der Waals surface area contributed by atoms with Crippen LogP contribution in [0.3, 0.4) is 0 Å². The van der Waals surface area contributed by atoms with Crippen LogP contribution in [-0.4, -0.2) is 28.0 Å². The number of hydrogen-bond donors (Lipinski definition) is 3. The lowest BCUT2D eigenvalue weighted by Crippen LogP contribution is -2.41. The van der Waals surface area contributed by atoms with Crippen LogP contribution in [0, 0.1) is 0 Å². The molecule has 1 heterocycles. The number of hydrogen-bond acceptors (Lipinski definition) is 5. The molecule has 4 N–H and O–H groups in total.